The van der Waals surface area contributed by atoms with Crippen molar-refractivity contribution in [3.8, 4) is 0 Å². The lowest BCUT2D eigenvalue weighted by Gasteiger charge is -2.45. The molecule has 1 saturated heterocycles. The molecule has 1 fully saturated rings. The first-order valence-corrected chi connectivity index (χ1v) is 8.82. The van der Waals surface area contributed by atoms with E-state index in [0.29, 0.717) is 6.42 Å². The van der Waals surface area contributed by atoms with E-state index in [9.17, 15) is 18.0 Å². The molecular weight excluding hydrogens is 292 g/mol. The van der Waals surface area contributed by atoms with Gasteiger partial charge in [0.15, 0.2) is 9.84 Å². The Balaban J connectivity index is 2.37. The molecule has 2 heterocycles. The fourth-order valence-corrected chi connectivity index (χ4v) is 4.10. The van der Waals surface area contributed by atoms with Crippen molar-refractivity contribution in [2.24, 2.45) is 5.41 Å². The zero-order chi connectivity index (χ0) is 16.0. The monoisotopic (exact) mass is 314 g/mol. The fourth-order valence-electron chi connectivity index (χ4n) is 2.83. The summed E-state index contributed by atoms with van der Waals surface area (Å²) in [6, 6.07) is -1.80. The second-order valence-electron chi connectivity index (χ2n) is 6.70. The molecule has 0 aromatic carbocycles. The van der Waals surface area contributed by atoms with Gasteiger partial charge in [0.25, 0.3) is 0 Å². The number of hydrogen-bond acceptors (Lipinski definition) is 4. The van der Waals surface area contributed by atoms with E-state index in [4.69, 9.17) is 0 Å². The van der Waals surface area contributed by atoms with Gasteiger partial charge in [-0.15, -0.1) is 0 Å². The van der Waals surface area contributed by atoms with E-state index in [0.717, 1.165) is 5.41 Å². The van der Waals surface area contributed by atoms with Crippen LogP contribution in [0.15, 0.2) is 11.5 Å². The summed E-state index contributed by atoms with van der Waals surface area (Å²) in [4.78, 5) is 26.5. The minimum atomic E-state index is -3.28. The van der Waals surface area contributed by atoms with E-state index in [-0.39, 0.29) is 17.6 Å². The van der Waals surface area contributed by atoms with Crippen molar-refractivity contribution in [3.63, 3.8) is 0 Å². The zero-order valence-corrected chi connectivity index (χ0v) is 13.6. The van der Waals surface area contributed by atoms with Gasteiger partial charge in [0.2, 0.25) is 11.8 Å². The van der Waals surface area contributed by atoms with Gasteiger partial charge in [-0.25, -0.2) is 8.42 Å². The normalized spacial score (nSPS) is 32.4. The second-order valence-corrected chi connectivity index (χ2v) is 8.63. The van der Waals surface area contributed by atoms with Crippen LogP contribution in [0.25, 0.3) is 0 Å². The molecule has 7 heteroatoms. The van der Waals surface area contributed by atoms with Gasteiger partial charge in [0.1, 0.15) is 12.1 Å². The van der Waals surface area contributed by atoms with E-state index in [1.165, 1.54) is 11.0 Å². The Morgan fingerprint density at radius 1 is 1.33 bits per heavy atom. The Morgan fingerprint density at radius 3 is 2.38 bits per heavy atom. The molecule has 0 aromatic rings. The smallest absolute Gasteiger partial charge is 0.246 e. The van der Waals surface area contributed by atoms with E-state index < -0.39 is 33.4 Å². The van der Waals surface area contributed by atoms with Crippen LogP contribution in [0, 0.1) is 5.41 Å². The van der Waals surface area contributed by atoms with Crippen LogP contribution in [-0.2, 0) is 19.4 Å². The van der Waals surface area contributed by atoms with Crippen LogP contribution < -0.4 is 5.32 Å². The molecule has 2 aliphatic rings. The minimum Gasteiger partial charge on any atom is -0.342 e. The second kappa shape index (κ2) is 5.12. The number of nitrogens with zero attached hydrogens (tertiary/aromatic N) is 1. The highest BCUT2D eigenvalue weighted by Gasteiger charge is 2.47. The maximum atomic E-state index is 12.8. The molecule has 2 aliphatic heterocycles. The molecule has 0 radical (unpaired) electrons. The summed E-state index contributed by atoms with van der Waals surface area (Å²) in [5, 5.41) is 3.91. The first kappa shape index (κ1) is 16.0. The molecule has 3 atom stereocenters. The Kier molecular flexibility index (Phi) is 3.90. The third-order valence-corrected chi connectivity index (χ3v) is 5.33. The number of sulfone groups is 1. The van der Waals surface area contributed by atoms with Crippen LogP contribution in [0.2, 0.25) is 0 Å². The predicted molar refractivity (Wildman–Crippen MR) is 79.0 cm³/mol. The summed E-state index contributed by atoms with van der Waals surface area (Å²) in [5.74, 6) is -0.560. The van der Waals surface area contributed by atoms with Crippen LogP contribution >= 0.6 is 0 Å². The average molecular weight is 314 g/mol. The molecule has 6 nitrogen and oxygen atoms in total. The maximum absolute atomic E-state index is 12.8. The fraction of sp³-hybridized carbons (Fsp3) is 0.714. The van der Waals surface area contributed by atoms with Gasteiger partial charge in [-0.3, -0.25) is 9.59 Å². The van der Waals surface area contributed by atoms with Gasteiger partial charge in [-0.05, 0) is 17.9 Å². The third kappa shape index (κ3) is 2.97. The van der Waals surface area contributed by atoms with Crippen molar-refractivity contribution in [1.82, 2.24) is 10.2 Å². The molecule has 0 bridgehead atoms. The summed E-state index contributed by atoms with van der Waals surface area (Å²) < 4.78 is 23.2. The van der Waals surface area contributed by atoms with Gasteiger partial charge in [-0.2, -0.15) is 0 Å². The number of carbonyl (C=O) groups is 2. The molecule has 0 spiro atoms. The van der Waals surface area contributed by atoms with Crippen LogP contribution in [0.3, 0.4) is 0 Å². The van der Waals surface area contributed by atoms with E-state index >= 15 is 0 Å². The first-order chi connectivity index (χ1) is 9.57. The van der Waals surface area contributed by atoms with Crippen molar-refractivity contribution in [2.45, 2.75) is 52.2 Å². The molecule has 118 valence electrons. The van der Waals surface area contributed by atoms with Gasteiger partial charge in [-0.1, -0.05) is 27.7 Å². The summed E-state index contributed by atoms with van der Waals surface area (Å²) in [5.41, 5.74) is -0.426. The SMILES string of the molecule is CCC1C(=O)NC(C(C)(C)C)C(=O)N1C1C=CS(=O)(=O)C1. The van der Waals surface area contributed by atoms with Crippen LogP contribution in [-0.4, -0.2) is 49.0 Å². The Morgan fingerprint density at radius 2 is 1.95 bits per heavy atom. The molecule has 2 amide bonds. The summed E-state index contributed by atoms with van der Waals surface area (Å²) in [6.45, 7) is 7.44. The topological polar surface area (TPSA) is 83.6 Å². The van der Waals surface area contributed by atoms with Gasteiger partial charge in [0, 0.05) is 5.41 Å². The highest BCUT2D eigenvalue weighted by atomic mass is 32.2. The molecule has 0 saturated carbocycles. The number of hydrogen-bond donors (Lipinski definition) is 1. The van der Waals surface area contributed by atoms with Crippen molar-refractivity contribution < 1.29 is 18.0 Å². The molecule has 0 aliphatic carbocycles. The summed E-state index contributed by atoms with van der Waals surface area (Å²) in [7, 11) is -3.28. The number of piperazine rings is 1. The number of rotatable bonds is 2. The van der Waals surface area contributed by atoms with Crippen LogP contribution in [0.1, 0.15) is 34.1 Å². The minimum absolute atomic E-state index is 0.140. The zero-order valence-electron chi connectivity index (χ0n) is 12.8. The first-order valence-electron chi connectivity index (χ1n) is 7.10. The van der Waals surface area contributed by atoms with Gasteiger partial charge >= 0.3 is 0 Å². The maximum Gasteiger partial charge on any atom is 0.246 e. The molecule has 0 aromatic heterocycles. The van der Waals surface area contributed by atoms with Crippen LogP contribution in [0.5, 0.6) is 0 Å². The van der Waals surface area contributed by atoms with Crippen molar-refractivity contribution in [3.05, 3.63) is 11.5 Å². The van der Waals surface area contributed by atoms with Gasteiger partial charge < -0.3 is 10.2 Å². The van der Waals surface area contributed by atoms with Gasteiger partial charge in [0.05, 0.1) is 11.8 Å². The molecular formula is C14H22N2O4S. The van der Waals surface area contributed by atoms with E-state index in [1.807, 2.05) is 27.7 Å². The highest BCUT2D eigenvalue weighted by Crippen LogP contribution is 2.29. The predicted octanol–water partition coefficient (Wildman–Crippen LogP) is 0.449. The third-order valence-electron chi connectivity index (χ3n) is 3.95. The Hall–Kier alpha value is -1.37. The molecule has 2 rings (SSSR count). The lowest BCUT2D eigenvalue weighted by atomic mass is 9.83. The molecule has 21 heavy (non-hydrogen) atoms. The average Bonchev–Trinajstić information content (AvgIpc) is 2.69. The van der Waals surface area contributed by atoms with Crippen LogP contribution in [0.4, 0.5) is 0 Å². The van der Waals surface area contributed by atoms with E-state index in [2.05, 4.69) is 5.32 Å². The Labute approximate surface area is 125 Å². The largest absolute Gasteiger partial charge is 0.342 e. The molecule has 3 unspecified atom stereocenters. The van der Waals surface area contributed by atoms with E-state index in [1.54, 1.807) is 0 Å². The lowest BCUT2D eigenvalue weighted by molar-refractivity contribution is -0.153. The summed E-state index contributed by atoms with van der Waals surface area (Å²) >= 11 is 0. The summed E-state index contributed by atoms with van der Waals surface area (Å²) in [6.07, 6.45) is 1.97. The van der Waals surface area contributed by atoms with Crippen molar-refractivity contribution in [2.75, 3.05) is 5.75 Å². The number of carbonyl (C=O) groups excluding carboxylic acids is 2. The van der Waals surface area contributed by atoms with Crippen molar-refractivity contribution >= 4 is 21.7 Å². The highest BCUT2D eigenvalue weighted by molar-refractivity contribution is 7.94. The number of amides is 2. The van der Waals surface area contributed by atoms with Crippen molar-refractivity contribution in [1.29, 1.82) is 0 Å². The number of nitrogens with one attached hydrogen (secondary N) is 1. The standard InChI is InChI=1S/C14H22N2O4S/c1-5-10-12(17)15-11(14(2,3)4)13(18)16(10)9-6-7-21(19,20)8-9/h6-7,9-11H,5,8H2,1-4H3,(H,15,17). The molecule has 1 N–H and O–H groups in total. The quantitative estimate of drug-likeness (QED) is 0.802. The Bertz CT molecular complexity index is 589. The lowest BCUT2D eigenvalue weighted by Crippen LogP contribution is -2.68.